The highest BCUT2D eigenvalue weighted by atomic mass is 19.4. The average molecular weight is 344 g/mol. The van der Waals surface area contributed by atoms with Gasteiger partial charge >= 0.3 is 19.3 Å². The van der Waals surface area contributed by atoms with Crippen molar-refractivity contribution < 1.29 is 37.5 Å². The van der Waals surface area contributed by atoms with E-state index in [1.165, 1.54) is 12.1 Å². The van der Waals surface area contributed by atoms with Crippen LogP contribution >= 0.6 is 0 Å². The molecule has 0 saturated heterocycles. The van der Waals surface area contributed by atoms with E-state index in [0.29, 0.717) is 5.56 Å². The Kier molecular flexibility index (Phi) is 5.22. The summed E-state index contributed by atoms with van der Waals surface area (Å²) < 4.78 is 42.7. The van der Waals surface area contributed by atoms with E-state index in [-0.39, 0.29) is 24.2 Å². The number of carbonyl (C=O) groups excluding carboxylic acids is 1. The summed E-state index contributed by atoms with van der Waals surface area (Å²) in [7, 11) is -1.44. The number of alkyl halides is 3. The maximum atomic E-state index is 12.5. The second-order valence-electron chi connectivity index (χ2n) is 5.96. The monoisotopic (exact) mass is 344 g/mol. The van der Waals surface area contributed by atoms with Crippen LogP contribution in [0.3, 0.4) is 0 Å². The number of carboxylic acid groups (broad SMARTS) is 1. The van der Waals surface area contributed by atoms with Gasteiger partial charge in [-0.25, -0.2) is 4.79 Å². The van der Waals surface area contributed by atoms with E-state index in [4.69, 9.17) is 9.76 Å². The standard InChI is InChI=1S/C15H16BF3O5/c1-8(15(17,18)19)5-11(20)7-10-6-9-3-2-4-12(14(21)22)13(9)24-16(10)23/h2-4,8,10,23H,5-7H2,1H3,(H,21,22)/t8?,10-/m1/s1. The first-order valence-corrected chi connectivity index (χ1v) is 7.38. The highest BCUT2D eigenvalue weighted by molar-refractivity contribution is 6.47. The van der Waals surface area contributed by atoms with E-state index in [1.807, 2.05) is 0 Å². The molecule has 2 N–H and O–H groups in total. The number of ketones is 1. The minimum absolute atomic E-state index is 0.0323. The Morgan fingerprint density at radius 2 is 2.08 bits per heavy atom. The normalized spacial score (nSPS) is 18.5. The van der Waals surface area contributed by atoms with Crippen LogP contribution in [0.15, 0.2) is 18.2 Å². The van der Waals surface area contributed by atoms with Crippen LogP contribution in [0.2, 0.25) is 5.82 Å². The molecule has 24 heavy (non-hydrogen) atoms. The topological polar surface area (TPSA) is 83.8 Å². The molecule has 0 fully saturated rings. The van der Waals surface area contributed by atoms with E-state index >= 15 is 0 Å². The van der Waals surface area contributed by atoms with Crippen molar-refractivity contribution >= 4 is 18.9 Å². The van der Waals surface area contributed by atoms with E-state index in [9.17, 15) is 27.8 Å². The predicted molar refractivity (Wildman–Crippen MR) is 78.9 cm³/mol. The first kappa shape index (κ1) is 18.3. The van der Waals surface area contributed by atoms with E-state index in [0.717, 1.165) is 6.92 Å². The van der Waals surface area contributed by atoms with Crippen LogP contribution in [-0.4, -0.2) is 35.2 Å². The molecule has 0 aromatic heterocycles. The van der Waals surface area contributed by atoms with Crippen LogP contribution in [0, 0.1) is 5.92 Å². The molecule has 1 unspecified atom stereocenters. The fourth-order valence-electron chi connectivity index (χ4n) is 2.66. The summed E-state index contributed by atoms with van der Waals surface area (Å²) in [6.45, 7) is 0.931. The third kappa shape index (κ3) is 4.08. The van der Waals surface area contributed by atoms with Gasteiger partial charge in [0.1, 0.15) is 11.5 Å². The Morgan fingerprint density at radius 3 is 2.67 bits per heavy atom. The summed E-state index contributed by atoms with van der Waals surface area (Å²) in [5, 5.41) is 19.1. The SMILES string of the molecule is CC(CC(=O)C[C@H]1Cc2cccc(C(=O)O)c2OB1O)C(F)(F)F. The molecule has 1 aromatic rings. The molecule has 0 amide bonds. The lowest BCUT2D eigenvalue weighted by Crippen LogP contribution is -2.36. The summed E-state index contributed by atoms with van der Waals surface area (Å²) in [5.74, 6) is -4.27. The zero-order valence-corrected chi connectivity index (χ0v) is 12.8. The number of para-hydroxylation sites is 1. The molecule has 0 bridgehead atoms. The van der Waals surface area contributed by atoms with Crippen molar-refractivity contribution in [2.75, 3.05) is 0 Å². The molecule has 5 nitrogen and oxygen atoms in total. The molecule has 0 aliphatic carbocycles. The molecular formula is C15H16BF3O5. The molecule has 1 heterocycles. The lowest BCUT2D eigenvalue weighted by Gasteiger charge is -2.28. The Hall–Kier alpha value is -2.03. The van der Waals surface area contributed by atoms with Crippen LogP contribution in [0.5, 0.6) is 5.75 Å². The van der Waals surface area contributed by atoms with Crippen LogP contribution in [0.25, 0.3) is 0 Å². The van der Waals surface area contributed by atoms with E-state index in [2.05, 4.69) is 0 Å². The minimum Gasteiger partial charge on any atom is -0.535 e. The highest BCUT2D eigenvalue weighted by Gasteiger charge is 2.40. The van der Waals surface area contributed by atoms with E-state index in [1.54, 1.807) is 6.07 Å². The molecule has 0 saturated carbocycles. The second kappa shape index (κ2) is 6.84. The maximum Gasteiger partial charge on any atom is 0.526 e. The highest BCUT2D eigenvalue weighted by Crippen LogP contribution is 2.37. The number of halogens is 3. The Morgan fingerprint density at radius 1 is 1.42 bits per heavy atom. The predicted octanol–water partition coefficient (Wildman–Crippen LogP) is 2.72. The largest absolute Gasteiger partial charge is 0.535 e. The first-order valence-electron chi connectivity index (χ1n) is 7.38. The molecule has 0 spiro atoms. The number of carboxylic acids is 1. The van der Waals surface area contributed by atoms with Gasteiger partial charge in [0.15, 0.2) is 0 Å². The Bertz CT molecular complexity index is 646. The number of rotatable bonds is 5. The van der Waals surface area contributed by atoms with Gasteiger partial charge in [0.25, 0.3) is 0 Å². The minimum atomic E-state index is -4.44. The number of carbonyl (C=O) groups is 2. The summed E-state index contributed by atoms with van der Waals surface area (Å²) in [6.07, 6.45) is -5.21. The maximum absolute atomic E-state index is 12.5. The van der Waals surface area contributed by atoms with Crippen molar-refractivity contribution in [3.63, 3.8) is 0 Å². The first-order chi connectivity index (χ1) is 11.1. The molecule has 2 rings (SSSR count). The smallest absolute Gasteiger partial charge is 0.526 e. The average Bonchev–Trinajstić information content (AvgIpc) is 2.46. The second-order valence-corrected chi connectivity index (χ2v) is 5.96. The molecular weight excluding hydrogens is 328 g/mol. The van der Waals surface area contributed by atoms with Crippen molar-refractivity contribution in [3.05, 3.63) is 29.3 Å². The van der Waals surface area contributed by atoms with Crippen LogP contribution in [0.4, 0.5) is 13.2 Å². The van der Waals surface area contributed by atoms with Gasteiger partial charge in [-0.3, -0.25) is 4.79 Å². The third-order valence-electron chi connectivity index (χ3n) is 4.03. The van der Waals surface area contributed by atoms with Gasteiger partial charge in [-0.05, 0) is 18.1 Å². The Balaban J connectivity index is 2.08. The van der Waals surface area contributed by atoms with Crippen molar-refractivity contribution in [2.24, 2.45) is 5.92 Å². The lowest BCUT2D eigenvalue weighted by molar-refractivity contribution is -0.173. The number of aromatic carboxylic acids is 1. The molecule has 9 heteroatoms. The van der Waals surface area contributed by atoms with Gasteiger partial charge in [-0.2, -0.15) is 13.2 Å². The molecule has 130 valence electrons. The van der Waals surface area contributed by atoms with Gasteiger partial charge in [0.05, 0.1) is 11.5 Å². The quantitative estimate of drug-likeness (QED) is 0.803. The van der Waals surface area contributed by atoms with Gasteiger partial charge in [-0.1, -0.05) is 19.1 Å². The van der Waals surface area contributed by atoms with Gasteiger partial charge in [0, 0.05) is 18.7 Å². The van der Waals surface area contributed by atoms with Crippen molar-refractivity contribution in [2.45, 2.75) is 38.2 Å². The van der Waals surface area contributed by atoms with Crippen LogP contribution < -0.4 is 4.65 Å². The summed E-state index contributed by atoms with van der Waals surface area (Å²) in [6, 6.07) is 4.43. The third-order valence-corrected chi connectivity index (χ3v) is 4.03. The summed E-state index contributed by atoms with van der Waals surface area (Å²) in [4.78, 5) is 23.0. The number of Topliss-reactive ketones (excluding diaryl/α,β-unsaturated/α-hetero) is 1. The Labute approximate surface area is 136 Å². The number of fused-ring (bicyclic) bond motifs is 1. The van der Waals surface area contributed by atoms with Crippen LogP contribution in [-0.2, 0) is 11.2 Å². The number of benzene rings is 1. The van der Waals surface area contributed by atoms with Crippen LogP contribution in [0.1, 0.15) is 35.7 Å². The van der Waals surface area contributed by atoms with Gasteiger partial charge in [-0.15, -0.1) is 0 Å². The summed E-state index contributed by atoms with van der Waals surface area (Å²) >= 11 is 0. The fraction of sp³-hybridized carbons (Fsp3) is 0.467. The van der Waals surface area contributed by atoms with Gasteiger partial charge in [0.2, 0.25) is 0 Å². The molecule has 1 aromatic carbocycles. The molecule has 1 aliphatic rings. The van der Waals surface area contributed by atoms with Crippen molar-refractivity contribution in [1.29, 1.82) is 0 Å². The molecule has 1 aliphatic heterocycles. The van der Waals surface area contributed by atoms with Crippen molar-refractivity contribution in [3.8, 4) is 5.75 Å². The number of hydrogen-bond donors (Lipinski definition) is 2. The molecule has 2 atom stereocenters. The van der Waals surface area contributed by atoms with E-state index < -0.39 is 43.2 Å². The number of hydrogen-bond acceptors (Lipinski definition) is 4. The zero-order chi connectivity index (χ0) is 18.1. The lowest BCUT2D eigenvalue weighted by atomic mass is 9.64. The summed E-state index contributed by atoms with van der Waals surface area (Å²) in [5.41, 5.74) is 0.392. The zero-order valence-electron chi connectivity index (χ0n) is 12.8. The van der Waals surface area contributed by atoms with Gasteiger partial charge < -0.3 is 14.8 Å². The van der Waals surface area contributed by atoms with Crippen molar-refractivity contribution in [1.82, 2.24) is 0 Å². The fourth-order valence-corrected chi connectivity index (χ4v) is 2.66. The molecule has 0 radical (unpaired) electrons.